The second-order valence-corrected chi connectivity index (χ2v) is 9.53. The Balaban J connectivity index is 1.49. The molecule has 0 spiro atoms. The van der Waals surface area contributed by atoms with Crippen LogP contribution < -0.4 is 11.2 Å². The van der Waals surface area contributed by atoms with Crippen LogP contribution in [0.4, 0.5) is 5.82 Å². The van der Waals surface area contributed by atoms with Crippen LogP contribution in [0, 0.1) is 32.1 Å². The Bertz CT molecular complexity index is 1200. The molecule has 4 rings (SSSR count). The third-order valence-corrected chi connectivity index (χ3v) is 7.32. The van der Waals surface area contributed by atoms with E-state index in [2.05, 4.69) is 26.2 Å². The van der Waals surface area contributed by atoms with Gasteiger partial charge in [-0.3, -0.25) is 4.79 Å². The highest BCUT2D eigenvalue weighted by atomic mass is 32.2. The van der Waals surface area contributed by atoms with E-state index in [4.69, 9.17) is 5.84 Å². The topological polar surface area (TPSA) is 115 Å². The molecule has 1 fully saturated rings. The fourth-order valence-electron chi connectivity index (χ4n) is 4.46. The molecule has 0 bridgehead atoms. The lowest BCUT2D eigenvalue weighted by Crippen LogP contribution is -2.22. The number of aromatic nitrogens is 4. The fraction of sp³-hybridized carbons (Fsp3) is 0.417. The van der Waals surface area contributed by atoms with Gasteiger partial charge >= 0.3 is 0 Å². The summed E-state index contributed by atoms with van der Waals surface area (Å²) in [6, 6.07) is 10.5. The molecule has 1 saturated carbocycles. The van der Waals surface area contributed by atoms with Gasteiger partial charge in [0.05, 0.1) is 11.3 Å². The van der Waals surface area contributed by atoms with Gasteiger partial charge in [-0.1, -0.05) is 60.9 Å². The summed E-state index contributed by atoms with van der Waals surface area (Å²) < 4.78 is 3.57. The second kappa shape index (κ2) is 9.71. The molecule has 8 nitrogen and oxygen atoms in total. The van der Waals surface area contributed by atoms with Crippen LogP contribution in [0.1, 0.15) is 60.5 Å². The van der Waals surface area contributed by atoms with Gasteiger partial charge < -0.3 is 15.7 Å². The van der Waals surface area contributed by atoms with E-state index in [-0.39, 0.29) is 11.7 Å². The Labute approximate surface area is 198 Å². The van der Waals surface area contributed by atoms with Gasteiger partial charge in [0.1, 0.15) is 11.9 Å². The number of thioether (sulfide) groups is 1. The second-order valence-electron chi connectivity index (χ2n) is 8.59. The zero-order chi connectivity index (χ0) is 23.5. The van der Waals surface area contributed by atoms with Crippen molar-refractivity contribution in [2.75, 3.05) is 16.9 Å². The first-order valence-corrected chi connectivity index (χ1v) is 12.2. The summed E-state index contributed by atoms with van der Waals surface area (Å²) in [7, 11) is 0. The Hall–Kier alpha value is -3.25. The number of anilines is 1. The van der Waals surface area contributed by atoms with Gasteiger partial charge in [0.15, 0.2) is 5.82 Å². The number of carbonyl (C=O) groups excluding carboxylic acids is 1. The summed E-state index contributed by atoms with van der Waals surface area (Å²) in [6.45, 7) is 5.99. The van der Waals surface area contributed by atoms with Crippen LogP contribution in [0.5, 0.6) is 0 Å². The number of aryl methyl sites for hydroxylation is 1. The zero-order valence-electron chi connectivity index (χ0n) is 19.3. The lowest BCUT2D eigenvalue weighted by atomic mass is 9.95. The first-order valence-electron chi connectivity index (χ1n) is 11.2. The number of benzene rings is 1. The van der Waals surface area contributed by atoms with Crippen molar-refractivity contribution >= 4 is 23.5 Å². The average Bonchev–Trinajstić information content (AvgIpc) is 3.30. The van der Waals surface area contributed by atoms with Crippen LogP contribution in [0.2, 0.25) is 0 Å². The molecule has 2 aromatic heterocycles. The fourth-order valence-corrected chi connectivity index (χ4v) is 5.11. The van der Waals surface area contributed by atoms with E-state index >= 15 is 0 Å². The molecule has 172 valence electrons. The predicted octanol–water partition coefficient (Wildman–Crippen LogP) is 4.49. The largest absolute Gasteiger partial charge is 0.335 e. The van der Waals surface area contributed by atoms with Gasteiger partial charge in [0.2, 0.25) is 11.1 Å². The van der Waals surface area contributed by atoms with Crippen LogP contribution in [0.15, 0.2) is 29.4 Å². The molecule has 2 heterocycles. The van der Waals surface area contributed by atoms with Crippen molar-refractivity contribution in [2.24, 2.45) is 0 Å². The molecular formula is C24H29N7OS. The number of hydrogen-bond donors (Lipinski definition) is 2. The van der Waals surface area contributed by atoms with E-state index in [1.165, 1.54) is 35.7 Å². The Morgan fingerprint density at radius 1 is 1.18 bits per heavy atom. The maximum Gasteiger partial charge on any atom is 0.235 e. The molecule has 1 aromatic carbocycles. The van der Waals surface area contributed by atoms with Crippen molar-refractivity contribution in [3.8, 4) is 17.5 Å². The first-order chi connectivity index (χ1) is 15.9. The van der Waals surface area contributed by atoms with Crippen molar-refractivity contribution in [1.29, 1.82) is 5.26 Å². The summed E-state index contributed by atoms with van der Waals surface area (Å²) in [5, 5.41) is 21.6. The molecule has 3 aromatic rings. The zero-order valence-corrected chi connectivity index (χ0v) is 20.1. The van der Waals surface area contributed by atoms with Crippen molar-refractivity contribution in [2.45, 2.75) is 64.1 Å². The number of hydrogen-bond acceptors (Lipinski definition) is 6. The quantitative estimate of drug-likeness (QED) is 0.411. The minimum Gasteiger partial charge on any atom is -0.335 e. The third kappa shape index (κ3) is 4.62. The molecule has 0 aliphatic heterocycles. The SMILES string of the molecule is Cc1ccc(-c2nnc(SCC(=O)Nc3c(C#N)c(C)c(C)n3C3CCCCC3)n2N)cc1. The molecule has 1 amide bonds. The molecule has 33 heavy (non-hydrogen) atoms. The van der Waals surface area contributed by atoms with E-state index < -0.39 is 0 Å². The first kappa shape index (κ1) is 22.9. The molecule has 0 unspecified atom stereocenters. The van der Waals surface area contributed by atoms with E-state index in [9.17, 15) is 10.1 Å². The number of nitrogens with two attached hydrogens (primary N) is 1. The van der Waals surface area contributed by atoms with E-state index in [0.717, 1.165) is 35.2 Å². The number of amides is 1. The standard InChI is InChI=1S/C24H29N7OS/c1-15-9-11-18(12-10-15)22-28-29-24(31(22)26)33-14-21(32)27-23-20(13-25)16(2)17(3)30(23)19-7-5-4-6-8-19/h9-12,19H,4-8,14,26H2,1-3H3,(H,27,32). The maximum atomic E-state index is 12.9. The van der Waals surface area contributed by atoms with Crippen LogP contribution in [-0.2, 0) is 4.79 Å². The molecule has 0 saturated heterocycles. The van der Waals surface area contributed by atoms with Gasteiger partial charge in [-0.05, 0) is 39.2 Å². The highest BCUT2D eigenvalue weighted by molar-refractivity contribution is 7.99. The van der Waals surface area contributed by atoms with Crippen LogP contribution in [0.3, 0.4) is 0 Å². The molecule has 3 N–H and O–H groups in total. The number of nitrogens with one attached hydrogen (secondary N) is 1. The van der Waals surface area contributed by atoms with Crippen LogP contribution >= 0.6 is 11.8 Å². The van der Waals surface area contributed by atoms with Gasteiger partial charge in [0, 0.05) is 17.3 Å². The molecule has 9 heteroatoms. The van der Waals surface area contributed by atoms with Crippen LogP contribution in [-0.4, -0.2) is 31.1 Å². The van der Waals surface area contributed by atoms with Gasteiger partial charge in [-0.2, -0.15) is 5.26 Å². The Kier molecular flexibility index (Phi) is 6.75. The minimum atomic E-state index is -0.203. The van der Waals surface area contributed by atoms with Crippen LogP contribution in [0.25, 0.3) is 11.4 Å². The molecule has 0 radical (unpaired) electrons. The van der Waals surface area contributed by atoms with Crippen molar-refractivity contribution in [1.82, 2.24) is 19.4 Å². The average molecular weight is 464 g/mol. The predicted molar refractivity (Wildman–Crippen MR) is 130 cm³/mol. The number of nitrogen functional groups attached to an aromatic ring is 1. The van der Waals surface area contributed by atoms with E-state index in [0.29, 0.717) is 28.4 Å². The third-order valence-electron chi connectivity index (χ3n) is 6.37. The highest BCUT2D eigenvalue weighted by Gasteiger charge is 2.26. The Morgan fingerprint density at radius 2 is 1.88 bits per heavy atom. The van der Waals surface area contributed by atoms with Gasteiger partial charge in [-0.15, -0.1) is 10.2 Å². The summed E-state index contributed by atoms with van der Waals surface area (Å²) in [4.78, 5) is 12.9. The molecule has 1 aliphatic carbocycles. The molecule has 0 atom stereocenters. The number of nitriles is 1. The van der Waals surface area contributed by atoms with Crippen molar-refractivity contribution in [3.63, 3.8) is 0 Å². The summed E-state index contributed by atoms with van der Waals surface area (Å²) in [6.07, 6.45) is 5.71. The van der Waals surface area contributed by atoms with E-state index in [1.807, 2.05) is 45.0 Å². The smallest absolute Gasteiger partial charge is 0.235 e. The van der Waals surface area contributed by atoms with Gasteiger partial charge in [0.25, 0.3) is 0 Å². The van der Waals surface area contributed by atoms with Crippen molar-refractivity contribution < 1.29 is 4.79 Å². The summed E-state index contributed by atoms with van der Waals surface area (Å²) >= 11 is 1.22. The van der Waals surface area contributed by atoms with Gasteiger partial charge in [-0.25, -0.2) is 4.68 Å². The monoisotopic (exact) mass is 463 g/mol. The minimum absolute atomic E-state index is 0.113. The number of carbonyl (C=O) groups is 1. The molecular weight excluding hydrogens is 434 g/mol. The summed E-state index contributed by atoms with van der Waals surface area (Å²) in [5.74, 6) is 7.26. The number of rotatable bonds is 6. The lowest BCUT2D eigenvalue weighted by molar-refractivity contribution is -0.113. The summed E-state index contributed by atoms with van der Waals surface area (Å²) in [5.41, 5.74) is 4.52. The highest BCUT2D eigenvalue weighted by Crippen LogP contribution is 2.37. The maximum absolute atomic E-state index is 12.9. The van der Waals surface area contributed by atoms with E-state index in [1.54, 1.807) is 0 Å². The van der Waals surface area contributed by atoms with Crippen molar-refractivity contribution in [3.05, 3.63) is 46.6 Å². The molecule has 1 aliphatic rings. The Morgan fingerprint density at radius 3 is 2.55 bits per heavy atom. The normalized spacial score (nSPS) is 14.2. The number of nitrogens with zero attached hydrogens (tertiary/aromatic N) is 5. The lowest BCUT2D eigenvalue weighted by Gasteiger charge is -2.27.